The number of phenols is 1. The van der Waals surface area contributed by atoms with Crippen LogP contribution < -0.4 is 0 Å². The highest BCUT2D eigenvalue weighted by molar-refractivity contribution is 5.86. The first kappa shape index (κ1) is 17.9. The number of carboxylic acid groups (broad SMARTS) is 1. The Morgan fingerprint density at radius 2 is 1.69 bits per heavy atom. The van der Waals surface area contributed by atoms with Crippen molar-refractivity contribution in [3.8, 4) is 5.75 Å². The molecule has 1 aliphatic carbocycles. The molecule has 3 nitrogen and oxygen atoms in total. The lowest BCUT2D eigenvalue weighted by molar-refractivity contribution is -0.131. The minimum Gasteiger partial charge on any atom is -0.508 e. The van der Waals surface area contributed by atoms with Crippen molar-refractivity contribution in [1.29, 1.82) is 0 Å². The average Bonchev–Trinajstić information content (AvgIpc) is 2.64. The molecule has 0 radical (unpaired) electrons. The van der Waals surface area contributed by atoms with E-state index in [1.54, 1.807) is 6.07 Å². The van der Waals surface area contributed by atoms with Crippen molar-refractivity contribution in [3.05, 3.63) is 76.6 Å². The molecule has 2 aromatic carbocycles. The van der Waals surface area contributed by atoms with Gasteiger partial charge in [0.05, 0.1) is 0 Å². The zero-order valence-corrected chi connectivity index (χ0v) is 14.4. The van der Waals surface area contributed by atoms with E-state index in [1.807, 2.05) is 24.3 Å². The van der Waals surface area contributed by atoms with Crippen LogP contribution in [0.2, 0.25) is 0 Å². The van der Waals surface area contributed by atoms with Crippen LogP contribution in [0.15, 0.2) is 54.1 Å². The first-order chi connectivity index (χ1) is 12.5. The van der Waals surface area contributed by atoms with Crippen molar-refractivity contribution in [3.63, 3.8) is 0 Å². The molecule has 1 aliphatic rings. The molecule has 0 atom stereocenters. The number of carbonyl (C=O) groups is 1. The number of halogens is 1. The minimum absolute atomic E-state index is 0.0894. The molecule has 2 N–H and O–H groups in total. The van der Waals surface area contributed by atoms with Gasteiger partial charge in [0, 0.05) is 17.7 Å². The third-order valence-corrected chi connectivity index (χ3v) is 4.65. The summed E-state index contributed by atoms with van der Waals surface area (Å²) in [5, 5.41) is 18.3. The molecule has 26 heavy (non-hydrogen) atoms. The number of aromatic hydroxyl groups is 1. The van der Waals surface area contributed by atoms with Gasteiger partial charge in [-0.05, 0) is 60.6 Å². The second-order valence-electron chi connectivity index (χ2n) is 6.50. The summed E-state index contributed by atoms with van der Waals surface area (Å²) in [7, 11) is 0. The summed E-state index contributed by atoms with van der Waals surface area (Å²) >= 11 is 0. The number of benzene rings is 2. The monoisotopic (exact) mass is 352 g/mol. The third-order valence-electron chi connectivity index (χ3n) is 4.65. The normalized spacial score (nSPS) is 14.6. The van der Waals surface area contributed by atoms with E-state index in [4.69, 9.17) is 5.11 Å². The summed E-state index contributed by atoms with van der Waals surface area (Å²) in [6.45, 7) is 0. The molecule has 1 saturated carbocycles. The number of rotatable bonds is 4. The van der Waals surface area contributed by atoms with Gasteiger partial charge in [-0.2, -0.15) is 0 Å². The van der Waals surface area contributed by atoms with E-state index >= 15 is 0 Å². The fourth-order valence-electron chi connectivity index (χ4n) is 3.41. The summed E-state index contributed by atoms with van der Waals surface area (Å²) < 4.78 is 14.6. The maximum Gasteiger partial charge on any atom is 0.328 e. The molecule has 3 rings (SSSR count). The van der Waals surface area contributed by atoms with Crippen molar-refractivity contribution in [2.45, 2.75) is 32.1 Å². The Bertz CT molecular complexity index is 855. The standard InChI is InChI=1S/C22H21FO3/c23-20-14-18(24)11-12-19(20)22(16-4-2-1-3-5-16)17-9-6-15(7-10-17)8-13-21(25)26/h6-14,24H,1-5H2,(H,25,26). The lowest BCUT2D eigenvalue weighted by Gasteiger charge is -2.21. The second-order valence-corrected chi connectivity index (χ2v) is 6.50. The van der Waals surface area contributed by atoms with Gasteiger partial charge in [0.25, 0.3) is 0 Å². The minimum atomic E-state index is -0.995. The molecule has 0 saturated heterocycles. The van der Waals surface area contributed by atoms with Gasteiger partial charge < -0.3 is 10.2 Å². The lowest BCUT2D eigenvalue weighted by Crippen LogP contribution is -2.02. The predicted octanol–water partition coefficient (Wildman–Crippen LogP) is 5.40. The van der Waals surface area contributed by atoms with E-state index in [1.165, 1.54) is 24.1 Å². The quantitative estimate of drug-likeness (QED) is 0.725. The Kier molecular flexibility index (Phi) is 5.52. The number of allylic oxidation sites excluding steroid dienone is 1. The van der Waals surface area contributed by atoms with Crippen LogP contribution in [-0.4, -0.2) is 16.2 Å². The van der Waals surface area contributed by atoms with E-state index in [0.29, 0.717) is 5.56 Å². The predicted molar refractivity (Wildman–Crippen MR) is 100 cm³/mol. The van der Waals surface area contributed by atoms with Crippen LogP contribution in [0.4, 0.5) is 4.39 Å². The first-order valence-corrected chi connectivity index (χ1v) is 8.77. The average molecular weight is 352 g/mol. The van der Waals surface area contributed by atoms with Crippen LogP contribution in [0.5, 0.6) is 5.75 Å². The van der Waals surface area contributed by atoms with Crippen molar-refractivity contribution in [2.75, 3.05) is 0 Å². The molecule has 134 valence electrons. The number of phenolic OH excluding ortho intramolecular Hbond substituents is 1. The molecule has 0 bridgehead atoms. The molecule has 0 amide bonds. The van der Waals surface area contributed by atoms with Gasteiger partial charge in [0.1, 0.15) is 11.6 Å². The third kappa shape index (κ3) is 4.20. The maximum atomic E-state index is 14.6. The summed E-state index contributed by atoms with van der Waals surface area (Å²) in [6, 6.07) is 11.7. The number of hydrogen-bond donors (Lipinski definition) is 2. The molecule has 0 heterocycles. The van der Waals surface area contributed by atoms with E-state index < -0.39 is 11.8 Å². The van der Waals surface area contributed by atoms with Gasteiger partial charge >= 0.3 is 5.97 Å². The van der Waals surface area contributed by atoms with Crippen LogP contribution >= 0.6 is 0 Å². The zero-order chi connectivity index (χ0) is 18.5. The molecule has 2 aromatic rings. The Morgan fingerprint density at radius 1 is 1.00 bits per heavy atom. The van der Waals surface area contributed by atoms with Crippen LogP contribution in [0.25, 0.3) is 11.6 Å². The van der Waals surface area contributed by atoms with E-state index in [-0.39, 0.29) is 5.75 Å². The van der Waals surface area contributed by atoms with Gasteiger partial charge in [-0.15, -0.1) is 0 Å². The Labute approximate surface area is 152 Å². The fraction of sp³-hybridized carbons (Fsp3) is 0.227. The zero-order valence-electron chi connectivity index (χ0n) is 14.4. The van der Waals surface area contributed by atoms with E-state index in [2.05, 4.69) is 0 Å². The summed E-state index contributed by atoms with van der Waals surface area (Å²) in [5.74, 6) is -1.52. The molecule has 0 aromatic heterocycles. The van der Waals surface area contributed by atoms with Crippen molar-refractivity contribution in [2.24, 2.45) is 0 Å². The number of aliphatic carboxylic acids is 1. The highest BCUT2D eigenvalue weighted by Gasteiger charge is 2.18. The van der Waals surface area contributed by atoms with Gasteiger partial charge in [-0.25, -0.2) is 9.18 Å². The highest BCUT2D eigenvalue weighted by atomic mass is 19.1. The topological polar surface area (TPSA) is 57.5 Å². The SMILES string of the molecule is O=C(O)C=Cc1ccc(C(=C2CCCCC2)c2ccc(O)cc2F)cc1. The van der Waals surface area contributed by atoms with Gasteiger partial charge in [0.15, 0.2) is 0 Å². The van der Waals surface area contributed by atoms with Crippen molar-refractivity contribution >= 4 is 17.6 Å². The molecule has 0 aliphatic heterocycles. The lowest BCUT2D eigenvalue weighted by atomic mass is 9.84. The Balaban J connectivity index is 2.05. The summed E-state index contributed by atoms with van der Waals surface area (Å²) in [4.78, 5) is 10.6. The molecule has 1 fully saturated rings. The molecule has 4 heteroatoms. The molecular weight excluding hydrogens is 331 g/mol. The van der Waals surface area contributed by atoms with Gasteiger partial charge in [0.2, 0.25) is 0 Å². The number of carboxylic acids is 1. The van der Waals surface area contributed by atoms with Gasteiger partial charge in [-0.1, -0.05) is 36.3 Å². The van der Waals surface area contributed by atoms with E-state index in [9.17, 15) is 14.3 Å². The molecule has 0 spiro atoms. The van der Waals surface area contributed by atoms with E-state index in [0.717, 1.165) is 54.5 Å². The number of hydrogen-bond acceptors (Lipinski definition) is 2. The van der Waals surface area contributed by atoms with Crippen molar-refractivity contribution in [1.82, 2.24) is 0 Å². The van der Waals surface area contributed by atoms with Crippen LogP contribution in [0.1, 0.15) is 48.8 Å². The summed E-state index contributed by atoms with van der Waals surface area (Å²) in [5.41, 5.74) is 4.29. The van der Waals surface area contributed by atoms with Crippen LogP contribution in [0.3, 0.4) is 0 Å². The molecular formula is C22H21FO3. The van der Waals surface area contributed by atoms with Crippen molar-refractivity contribution < 1.29 is 19.4 Å². The fourth-order valence-corrected chi connectivity index (χ4v) is 3.41. The first-order valence-electron chi connectivity index (χ1n) is 8.77. The maximum absolute atomic E-state index is 14.6. The van der Waals surface area contributed by atoms with Crippen LogP contribution in [-0.2, 0) is 4.79 Å². The Morgan fingerprint density at radius 3 is 2.31 bits per heavy atom. The van der Waals surface area contributed by atoms with Gasteiger partial charge in [-0.3, -0.25) is 0 Å². The Hall–Kier alpha value is -2.88. The highest BCUT2D eigenvalue weighted by Crippen LogP contribution is 2.36. The van der Waals surface area contributed by atoms with Crippen LogP contribution in [0, 0.1) is 5.82 Å². The summed E-state index contributed by atoms with van der Waals surface area (Å²) in [6.07, 6.45) is 7.88. The second kappa shape index (κ2) is 8.00. The largest absolute Gasteiger partial charge is 0.508 e. The smallest absolute Gasteiger partial charge is 0.328 e. The molecule has 0 unspecified atom stereocenters.